The summed E-state index contributed by atoms with van der Waals surface area (Å²) in [5.41, 5.74) is -0.529. The Morgan fingerprint density at radius 2 is 1.71 bits per heavy atom. The van der Waals surface area contributed by atoms with Gasteiger partial charge in [0.15, 0.2) is 6.29 Å². The number of methoxy groups -OCH3 is 2. The molecule has 1 unspecified atom stereocenters. The predicted molar refractivity (Wildman–Crippen MR) is 80.8 cm³/mol. The monoisotopic (exact) mass is 340 g/mol. The Morgan fingerprint density at radius 1 is 1.12 bits per heavy atom. The van der Waals surface area contributed by atoms with Gasteiger partial charge < -0.3 is 29.2 Å². The molecule has 1 aromatic carbocycles. The average Bonchev–Trinajstić information content (AvgIpc) is 2.59. The SMILES string of the molecule is COC(=O)c1c(O)cc(O)c(C(=O)OC)c1COC1CCCCO1. The lowest BCUT2D eigenvalue weighted by Gasteiger charge is -2.24. The molecule has 1 atom stereocenters. The van der Waals surface area contributed by atoms with Gasteiger partial charge in [-0.15, -0.1) is 0 Å². The van der Waals surface area contributed by atoms with Crippen molar-refractivity contribution in [2.45, 2.75) is 32.2 Å². The van der Waals surface area contributed by atoms with Gasteiger partial charge >= 0.3 is 11.9 Å². The van der Waals surface area contributed by atoms with Crippen molar-refractivity contribution in [2.75, 3.05) is 20.8 Å². The van der Waals surface area contributed by atoms with E-state index in [4.69, 9.17) is 9.47 Å². The summed E-state index contributed by atoms with van der Waals surface area (Å²) in [7, 11) is 2.28. The normalized spacial score (nSPS) is 17.3. The highest BCUT2D eigenvalue weighted by Gasteiger charge is 2.28. The molecule has 0 saturated carbocycles. The van der Waals surface area contributed by atoms with Crippen molar-refractivity contribution in [3.8, 4) is 11.5 Å². The summed E-state index contributed by atoms with van der Waals surface area (Å²) in [4.78, 5) is 24.0. The summed E-state index contributed by atoms with van der Waals surface area (Å²) in [6.45, 7) is 0.325. The van der Waals surface area contributed by atoms with Crippen LogP contribution in [-0.2, 0) is 25.6 Å². The maximum Gasteiger partial charge on any atom is 0.342 e. The Hall–Kier alpha value is -2.32. The molecule has 0 bridgehead atoms. The van der Waals surface area contributed by atoms with Crippen LogP contribution in [0.3, 0.4) is 0 Å². The number of benzene rings is 1. The molecular formula is C16H20O8. The summed E-state index contributed by atoms with van der Waals surface area (Å²) >= 11 is 0. The first-order chi connectivity index (χ1) is 11.5. The van der Waals surface area contributed by atoms with Gasteiger partial charge in [-0.05, 0) is 19.3 Å². The lowest BCUT2D eigenvalue weighted by Crippen LogP contribution is -2.23. The Balaban J connectivity index is 2.42. The largest absolute Gasteiger partial charge is 0.507 e. The second kappa shape index (κ2) is 7.98. The highest BCUT2D eigenvalue weighted by atomic mass is 16.7. The van der Waals surface area contributed by atoms with Crippen molar-refractivity contribution in [3.05, 3.63) is 22.8 Å². The van der Waals surface area contributed by atoms with Crippen LogP contribution in [0, 0.1) is 0 Å². The van der Waals surface area contributed by atoms with Gasteiger partial charge in [-0.3, -0.25) is 0 Å². The molecule has 132 valence electrons. The summed E-state index contributed by atoms with van der Waals surface area (Å²) in [6.07, 6.45) is 2.06. The summed E-state index contributed by atoms with van der Waals surface area (Å²) in [6, 6.07) is 0.888. The summed E-state index contributed by atoms with van der Waals surface area (Å²) < 4.78 is 20.3. The minimum atomic E-state index is -0.860. The molecule has 8 heteroatoms. The van der Waals surface area contributed by atoms with Crippen molar-refractivity contribution in [1.29, 1.82) is 0 Å². The van der Waals surface area contributed by atoms with Gasteiger partial charge in [-0.2, -0.15) is 0 Å². The fraction of sp³-hybridized carbons (Fsp3) is 0.500. The van der Waals surface area contributed by atoms with E-state index in [-0.39, 0.29) is 23.3 Å². The van der Waals surface area contributed by atoms with E-state index in [1.807, 2.05) is 0 Å². The van der Waals surface area contributed by atoms with E-state index in [1.165, 1.54) is 0 Å². The van der Waals surface area contributed by atoms with E-state index in [1.54, 1.807) is 0 Å². The summed E-state index contributed by atoms with van der Waals surface area (Å²) in [5.74, 6) is -2.76. The average molecular weight is 340 g/mol. The number of phenolic OH excluding ortho intramolecular Hbond substituents is 2. The van der Waals surface area contributed by atoms with E-state index < -0.39 is 29.7 Å². The molecule has 0 aliphatic carbocycles. The Morgan fingerprint density at radius 3 is 2.17 bits per heavy atom. The van der Waals surface area contributed by atoms with Crippen LogP contribution in [0.15, 0.2) is 6.07 Å². The first kappa shape index (κ1) is 18.0. The van der Waals surface area contributed by atoms with Gasteiger partial charge in [0.1, 0.15) is 22.6 Å². The third-order valence-electron chi connectivity index (χ3n) is 3.72. The van der Waals surface area contributed by atoms with Gasteiger partial charge in [0.25, 0.3) is 0 Å². The maximum absolute atomic E-state index is 12.0. The van der Waals surface area contributed by atoms with Gasteiger partial charge in [0.05, 0.1) is 20.8 Å². The molecule has 1 heterocycles. The van der Waals surface area contributed by atoms with Crippen molar-refractivity contribution >= 4 is 11.9 Å². The zero-order valence-corrected chi connectivity index (χ0v) is 13.5. The number of phenols is 2. The molecule has 1 fully saturated rings. The Bertz CT molecular complexity index is 579. The van der Waals surface area contributed by atoms with Crippen LogP contribution in [0.25, 0.3) is 0 Å². The van der Waals surface area contributed by atoms with Crippen molar-refractivity contribution in [1.82, 2.24) is 0 Å². The molecule has 1 saturated heterocycles. The maximum atomic E-state index is 12.0. The zero-order chi connectivity index (χ0) is 17.7. The van der Waals surface area contributed by atoms with E-state index in [0.29, 0.717) is 13.0 Å². The van der Waals surface area contributed by atoms with Crippen molar-refractivity contribution in [2.24, 2.45) is 0 Å². The van der Waals surface area contributed by atoms with Crippen LogP contribution in [0.1, 0.15) is 45.5 Å². The molecule has 8 nitrogen and oxygen atoms in total. The highest BCUT2D eigenvalue weighted by molar-refractivity contribution is 6.01. The van der Waals surface area contributed by atoms with E-state index in [2.05, 4.69) is 9.47 Å². The number of ether oxygens (including phenoxy) is 4. The molecule has 2 N–H and O–H groups in total. The fourth-order valence-electron chi connectivity index (χ4n) is 2.53. The second-order valence-corrected chi connectivity index (χ2v) is 5.23. The van der Waals surface area contributed by atoms with Gasteiger partial charge in [0.2, 0.25) is 0 Å². The van der Waals surface area contributed by atoms with E-state index in [0.717, 1.165) is 33.1 Å². The number of carbonyl (C=O) groups is 2. The third kappa shape index (κ3) is 3.77. The number of esters is 2. The minimum Gasteiger partial charge on any atom is -0.507 e. The third-order valence-corrected chi connectivity index (χ3v) is 3.72. The van der Waals surface area contributed by atoms with Crippen LogP contribution in [0.4, 0.5) is 0 Å². The second-order valence-electron chi connectivity index (χ2n) is 5.23. The van der Waals surface area contributed by atoms with Crippen LogP contribution in [-0.4, -0.2) is 49.3 Å². The van der Waals surface area contributed by atoms with Crippen LogP contribution < -0.4 is 0 Å². The van der Waals surface area contributed by atoms with Gasteiger partial charge in [-0.25, -0.2) is 9.59 Å². The number of carbonyl (C=O) groups excluding carboxylic acids is 2. The molecule has 0 spiro atoms. The number of hydrogen-bond acceptors (Lipinski definition) is 8. The minimum absolute atomic E-state index is 0.0135. The number of aromatic hydroxyl groups is 2. The van der Waals surface area contributed by atoms with Crippen LogP contribution >= 0.6 is 0 Å². The first-order valence-electron chi connectivity index (χ1n) is 7.47. The highest BCUT2D eigenvalue weighted by Crippen LogP contribution is 2.34. The van der Waals surface area contributed by atoms with Gasteiger partial charge in [-0.1, -0.05) is 0 Å². The van der Waals surface area contributed by atoms with E-state index in [9.17, 15) is 19.8 Å². The number of hydrogen-bond donors (Lipinski definition) is 2. The molecule has 24 heavy (non-hydrogen) atoms. The molecule has 2 rings (SSSR count). The molecule has 0 aromatic heterocycles. The number of rotatable bonds is 5. The molecule has 1 aromatic rings. The van der Waals surface area contributed by atoms with Crippen LogP contribution in [0.5, 0.6) is 11.5 Å². The predicted octanol–water partition coefficient (Wildman–Crippen LogP) is 1.71. The zero-order valence-electron chi connectivity index (χ0n) is 13.5. The van der Waals surface area contributed by atoms with Gasteiger partial charge in [0, 0.05) is 18.2 Å². The topological polar surface area (TPSA) is 112 Å². The Kier molecular flexibility index (Phi) is 5.99. The molecule has 1 aliphatic heterocycles. The lowest BCUT2D eigenvalue weighted by molar-refractivity contribution is -0.169. The fourth-order valence-corrected chi connectivity index (χ4v) is 2.53. The van der Waals surface area contributed by atoms with Crippen molar-refractivity contribution in [3.63, 3.8) is 0 Å². The standard InChI is InChI=1S/C16H20O8/c1-21-15(19)13-9(8-24-12-5-3-4-6-23-12)14(16(20)22-2)11(18)7-10(13)17/h7,12,17-18H,3-6,8H2,1-2H3. The van der Waals surface area contributed by atoms with Crippen molar-refractivity contribution < 1.29 is 38.7 Å². The lowest BCUT2D eigenvalue weighted by atomic mass is 9.99. The molecule has 0 amide bonds. The van der Waals surface area contributed by atoms with E-state index >= 15 is 0 Å². The quantitative estimate of drug-likeness (QED) is 0.779. The molecule has 0 radical (unpaired) electrons. The Labute approximate surface area is 138 Å². The summed E-state index contributed by atoms with van der Waals surface area (Å²) in [5, 5.41) is 20.0. The molecule has 1 aliphatic rings. The smallest absolute Gasteiger partial charge is 0.342 e. The molecular weight excluding hydrogens is 320 g/mol. The van der Waals surface area contributed by atoms with Crippen LogP contribution in [0.2, 0.25) is 0 Å². The first-order valence-corrected chi connectivity index (χ1v) is 7.47.